The van der Waals surface area contributed by atoms with Crippen LogP contribution >= 0.6 is 0 Å². The lowest BCUT2D eigenvalue weighted by Crippen LogP contribution is -2.36. The first kappa shape index (κ1) is 17.6. The maximum absolute atomic E-state index is 12.8. The first-order valence-corrected chi connectivity index (χ1v) is 9.20. The third-order valence-corrected chi connectivity index (χ3v) is 5.86. The van der Waals surface area contributed by atoms with Crippen molar-refractivity contribution in [2.75, 3.05) is 23.9 Å². The van der Waals surface area contributed by atoms with Gasteiger partial charge in [0.15, 0.2) is 0 Å². The summed E-state index contributed by atoms with van der Waals surface area (Å²) < 4.78 is 5.41. The standard InChI is InChI=1S/C20H22N2O5/c1-27-15-10-13(6-7-14(15)22-8-2-3-16(22)23)21-19(24)17-11-4-5-12(9-11)18(17)20(25)26/h4-7,10-12,17-18H,2-3,8-9H2,1H3,(H,21,24)(H,25,26)/t11-,12-,17-,18-/m0/s1. The number of hydrogen-bond donors (Lipinski definition) is 2. The lowest BCUT2D eigenvalue weighted by Gasteiger charge is -2.24. The van der Waals surface area contributed by atoms with Crippen LogP contribution in [0.1, 0.15) is 19.3 Å². The Bertz CT molecular complexity index is 834. The van der Waals surface area contributed by atoms with Crippen LogP contribution in [0.4, 0.5) is 11.4 Å². The van der Waals surface area contributed by atoms with Crippen molar-refractivity contribution < 1.29 is 24.2 Å². The van der Waals surface area contributed by atoms with E-state index in [1.54, 1.807) is 23.1 Å². The number of carboxylic acid groups (broad SMARTS) is 1. The van der Waals surface area contributed by atoms with E-state index in [2.05, 4.69) is 5.32 Å². The SMILES string of the molecule is COc1cc(NC(=O)[C@@H]2[C@@H](C(=O)O)[C@H]3C=C[C@H]2C3)ccc1N1CCCC1=O. The van der Waals surface area contributed by atoms with Gasteiger partial charge in [0.25, 0.3) is 0 Å². The van der Waals surface area contributed by atoms with Crippen molar-refractivity contribution in [3.8, 4) is 5.75 Å². The van der Waals surface area contributed by atoms with E-state index < -0.39 is 17.8 Å². The Morgan fingerprint density at radius 1 is 1.22 bits per heavy atom. The van der Waals surface area contributed by atoms with Crippen LogP contribution in [0.2, 0.25) is 0 Å². The summed E-state index contributed by atoms with van der Waals surface area (Å²) in [5.74, 6) is -1.99. The van der Waals surface area contributed by atoms with Crippen molar-refractivity contribution in [2.45, 2.75) is 19.3 Å². The van der Waals surface area contributed by atoms with Crippen LogP contribution in [0.5, 0.6) is 5.75 Å². The van der Waals surface area contributed by atoms with E-state index in [1.807, 2.05) is 12.2 Å². The summed E-state index contributed by atoms with van der Waals surface area (Å²) in [5, 5.41) is 12.4. The van der Waals surface area contributed by atoms with Gasteiger partial charge in [-0.15, -0.1) is 0 Å². The number of nitrogens with zero attached hydrogens (tertiary/aromatic N) is 1. The smallest absolute Gasteiger partial charge is 0.307 e. The van der Waals surface area contributed by atoms with Crippen molar-refractivity contribution in [1.82, 2.24) is 0 Å². The molecule has 1 aromatic rings. The van der Waals surface area contributed by atoms with Crippen LogP contribution in [-0.2, 0) is 14.4 Å². The van der Waals surface area contributed by atoms with Gasteiger partial charge in [-0.2, -0.15) is 0 Å². The molecular formula is C20H22N2O5. The van der Waals surface area contributed by atoms with E-state index in [-0.39, 0.29) is 23.7 Å². The van der Waals surface area contributed by atoms with Crippen LogP contribution in [0.3, 0.4) is 0 Å². The number of carbonyl (C=O) groups is 3. The molecule has 3 aliphatic rings. The maximum Gasteiger partial charge on any atom is 0.307 e. The minimum Gasteiger partial charge on any atom is -0.494 e. The van der Waals surface area contributed by atoms with Gasteiger partial charge in [-0.05, 0) is 36.8 Å². The van der Waals surface area contributed by atoms with Gasteiger partial charge in [-0.1, -0.05) is 12.2 Å². The average Bonchev–Trinajstić information content (AvgIpc) is 3.37. The summed E-state index contributed by atoms with van der Waals surface area (Å²) >= 11 is 0. The molecule has 1 saturated carbocycles. The fraction of sp³-hybridized carbons (Fsp3) is 0.450. The molecule has 1 aromatic carbocycles. The molecular weight excluding hydrogens is 348 g/mol. The van der Waals surface area contributed by atoms with E-state index in [1.165, 1.54) is 7.11 Å². The number of fused-ring (bicyclic) bond motifs is 2. The van der Waals surface area contributed by atoms with Gasteiger partial charge in [0.2, 0.25) is 11.8 Å². The van der Waals surface area contributed by atoms with E-state index in [0.717, 1.165) is 6.42 Å². The second-order valence-electron chi connectivity index (χ2n) is 7.36. The van der Waals surface area contributed by atoms with Crippen LogP contribution in [0.15, 0.2) is 30.4 Å². The topological polar surface area (TPSA) is 95.9 Å². The van der Waals surface area contributed by atoms with Gasteiger partial charge in [0.1, 0.15) is 5.75 Å². The molecule has 0 radical (unpaired) electrons. The first-order chi connectivity index (χ1) is 13.0. The fourth-order valence-corrected chi connectivity index (χ4v) is 4.62. The van der Waals surface area contributed by atoms with E-state index in [0.29, 0.717) is 36.5 Å². The normalized spacial score (nSPS) is 28.6. The molecule has 0 unspecified atom stereocenters. The molecule has 7 heteroatoms. The summed E-state index contributed by atoms with van der Waals surface area (Å²) in [7, 11) is 1.52. The van der Waals surface area contributed by atoms with Crippen LogP contribution in [0, 0.1) is 23.7 Å². The third-order valence-electron chi connectivity index (χ3n) is 5.86. The molecule has 4 rings (SSSR count). The molecule has 2 aliphatic carbocycles. The Morgan fingerprint density at radius 2 is 1.96 bits per heavy atom. The molecule has 1 saturated heterocycles. The predicted octanol–water partition coefficient (Wildman–Crippen LogP) is 2.28. The summed E-state index contributed by atoms with van der Waals surface area (Å²) in [6.07, 6.45) is 5.92. The number of hydrogen-bond acceptors (Lipinski definition) is 4. The number of anilines is 2. The monoisotopic (exact) mass is 370 g/mol. The quantitative estimate of drug-likeness (QED) is 0.775. The summed E-state index contributed by atoms with van der Waals surface area (Å²) in [6, 6.07) is 5.16. The summed E-state index contributed by atoms with van der Waals surface area (Å²) in [5.41, 5.74) is 1.22. The average molecular weight is 370 g/mol. The Morgan fingerprint density at radius 3 is 2.59 bits per heavy atom. The molecule has 2 amide bonds. The number of amides is 2. The van der Waals surface area contributed by atoms with Crippen LogP contribution < -0.4 is 15.0 Å². The highest BCUT2D eigenvalue weighted by Crippen LogP contribution is 2.48. The molecule has 0 spiro atoms. The molecule has 1 heterocycles. The molecule has 1 aliphatic heterocycles. The zero-order valence-corrected chi connectivity index (χ0v) is 15.1. The van der Waals surface area contributed by atoms with E-state index in [9.17, 15) is 19.5 Å². The molecule has 0 aromatic heterocycles. The number of methoxy groups -OCH3 is 1. The van der Waals surface area contributed by atoms with Gasteiger partial charge in [0.05, 0.1) is 24.6 Å². The fourth-order valence-electron chi connectivity index (χ4n) is 4.62. The maximum atomic E-state index is 12.8. The van der Waals surface area contributed by atoms with Gasteiger partial charge >= 0.3 is 5.97 Å². The van der Waals surface area contributed by atoms with Gasteiger partial charge in [-0.3, -0.25) is 14.4 Å². The second-order valence-corrected chi connectivity index (χ2v) is 7.36. The number of nitrogens with one attached hydrogen (secondary N) is 1. The number of carboxylic acids is 1. The number of allylic oxidation sites excluding steroid dienone is 2. The highest BCUT2D eigenvalue weighted by molar-refractivity contribution is 5.99. The van der Waals surface area contributed by atoms with Crippen molar-refractivity contribution in [3.63, 3.8) is 0 Å². The first-order valence-electron chi connectivity index (χ1n) is 9.20. The number of aliphatic carboxylic acids is 1. The minimum atomic E-state index is -0.924. The number of benzene rings is 1. The summed E-state index contributed by atoms with van der Waals surface area (Å²) in [6.45, 7) is 0.651. The molecule has 2 bridgehead atoms. The van der Waals surface area contributed by atoms with Gasteiger partial charge < -0.3 is 20.1 Å². The molecule has 142 valence electrons. The number of rotatable bonds is 5. The van der Waals surface area contributed by atoms with Crippen molar-refractivity contribution >= 4 is 29.2 Å². The van der Waals surface area contributed by atoms with Crippen LogP contribution in [-0.4, -0.2) is 36.5 Å². The van der Waals surface area contributed by atoms with Crippen molar-refractivity contribution in [3.05, 3.63) is 30.4 Å². The number of carbonyl (C=O) groups excluding carboxylic acids is 2. The molecule has 2 N–H and O–H groups in total. The van der Waals surface area contributed by atoms with Crippen molar-refractivity contribution in [1.29, 1.82) is 0 Å². The lowest BCUT2D eigenvalue weighted by atomic mass is 9.82. The molecule has 2 fully saturated rings. The predicted molar refractivity (Wildman–Crippen MR) is 98.6 cm³/mol. The van der Waals surface area contributed by atoms with E-state index in [4.69, 9.17) is 4.74 Å². The Labute approximate surface area is 157 Å². The number of ether oxygens (including phenoxy) is 1. The highest BCUT2D eigenvalue weighted by Gasteiger charge is 2.51. The zero-order chi connectivity index (χ0) is 19.1. The second kappa shape index (κ2) is 6.72. The highest BCUT2D eigenvalue weighted by atomic mass is 16.5. The van der Waals surface area contributed by atoms with Gasteiger partial charge in [-0.25, -0.2) is 0 Å². The molecule has 27 heavy (non-hydrogen) atoms. The molecule has 4 atom stereocenters. The Balaban J connectivity index is 1.54. The zero-order valence-electron chi connectivity index (χ0n) is 15.1. The van der Waals surface area contributed by atoms with Gasteiger partial charge in [0, 0.05) is 24.7 Å². The minimum absolute atomic E-state index is 0.0282. The molecule has 7 nitrogen and oxygen atoms in total. The van der Waals surface area contributed by atoms with Crippen molar-refractivity contribution in [2.24, 2.45) is 23.7 Å². The Kier molecular flexibility index (Phi) is 4.37. The summed E-state index contributed by atoms with van der Waals surface area (Å²) in [4.78, 5) is 38.1. The van der Waals surface area contributed by atoms with E-state index >= 15 is 0 Å². The Hall–Kier alpha value is -2.83. The largest absolute Gasteiger partial charge is 0.494 e. The lowest BCUT2D eigenvalue weighted by molar-refractivity contribution is -0.146. The van der Waals surface area contributed by atoms with Crippen LogP contribution in [0.25, 0.3) is 0 Å². The third kappa shape index (κ3) is 2.97.